The van der Waals surface area contributed by atoms with Crippen LogP contribution in [0, 0.1) is 13.8 Å². The third-order valence-corrected chi connectivity index (χ3v) is 5.32. The normalized spacial score (nSPS) is 16.3. The van der Waals surface area contributed by atoms with Crippen molar-refractivity contribution in [2.24, 2.45) is 0 Å². The van der Waals surface area contributed by atoms with Crippen LogP contribution in [0.4, 0.5) is 0 Å². The Labute approximate surface area is 167 Å². The molecule has 1 aliphatic rings. The van der Waals surface area contributed by atoms with Crippen molar-refractivity contribution < 1.29 is 9.53 Å². The van der Waals surface area contributed by atoms with Crippen LogP contribution < -0.4 is 4.74 Å². The number of fused-ring (bicyclic) bond motifs is 1. The van der Waals surface area contributed by atoms with Crippen molar-refractivity contribution in [3.8, 4) is 5.75 Å². The molecule has 0 N–H and O–H groups in total. The monoisotopic (exact) mass is 384 g/mol. The van der Waals surface area contributed by atoms with Gasteiger partial charge in [-0.25, -0.2) is 9.67 Å². The van der Waals surface area contributed by atoms with Crippen LogP contribution in [0.25, 0.3) is 0 Å². The van der Waals surface area contributed by atoms with Crippen LogP contribution in [0.5, 0.6) is 5.75 Å². The lowest BCUT2D eigenvalue weighted by atomic mass is 10.0. The first kappa shape index (κ1) is 20.4. The van der Waals surface area contributed by atoms with Gasteiger partial charge in [0.1, 0.15) is 24.0 Å². The Morgan fingerprint density at radius 2 is 1.86 bits per heavy atom. The first-order valence-corrected chi connectivity index (χ1v) is 10.5. The highest BCUT2D eigenvalue weighted by molar-refractivity contribution is 5.76. The van der Waals surface area contributed by atoms with Gasteiger partial charge < -0.3 is 9.64 Å². The topological polar surface area (TPSA) is 60.2 Å². The Hall–Kier alpha value is -2.37. The molecule has 0 saturated carbocycles. The van der Waals surface area contributed by atoms with Crippen molar-refractivity contribution >= 4 is 5.91 Å². The van der Waals surface area contributed by atoms with E-state index < -0.39 is 0 Å². The number of hydrogen-bond donors (Lipinski definition) is 0. The zero-order valence-electron chi connectivity index (χ0n) is 17.2. The Bertz CT molecular complexity index is 772. The third-order valence-electron chi connectivity index (χ3n) is 5.32. The maximum Gasteiger partial charge on any atom is 0.224 e. The molecule has 0 fully saturated rings. The van der Waals surface area contributed by atoms with E-state index in [9.17, 15) is 4.79 Å². The second kappa shape index (κ2) is 10.2. The molecule has 0 aliphatic carbocycles. The standard InChI is InChI=1S/C22H32N4O2/c1-18-23-19(2)26(24-18)15-13-22(27)25-14-9-5-3-4-6-10-20-11-7-8-12-21(20)28-17-16-25/h7-8,11-12H,3-6,9-10,13-17H2,1-2H3. The minimum Gasteiger partial charge on any atom is -0.491 e. The number of ether oxygens (including phenoxy) is 1. The van der Waals surface area contributed by atoms with E-state index in [4.69, 9.17) is 4.74 Å². The number of aromatic nitrogens is 3. The first-order chi connectivity index (χ1) is 13.6. The zero-order valence-corrected chi connectivity index (χ0v) is 17.2. The van der Waals surface area contributed by atoms with E-state index in [-0.39, 0.29) is 5.91 Å². The van der Waals surface area contributed by atoms with Crippen LogP contribution in [-0.2, 0) is 17.8 Å². The molecular weight excluding hydrogens is 352 g/mol. The molecule has 0 unspecified atom stereocenters. The average Bonchev–Trinajstić information content (AvgIpc) is 3.02. The summed E-state index contributed by atoms with van der Waals surface area (Å²) >= 11 is 0. The van der Waals surface area contributed by atoms with Crippen LogP contribution in [0.3, 0.4) is 0 Å². The van der Waals surface area contributed by atoms with E-state index in [2.05, 4.69) is 22.2 Å². The molecular formula is C22H32N4O2. The molecule has 0 radical (unpaired) electrons. The molecule has 6 nitrogen and oxygen atoms in total. The van der Waals surface area contributed by atoms with Gasteiger partial charge in [0.25, 0.3) is 0 Å². The molecule has 1 aromatic carbocycles. The summed E-state index contributed by atoms with van der Waals surface area (Å²) in [5, 5.41) is 4.36. The molecule has 0 bridgehead atoms. The molecule has 0 atom stereocenters. The van der Waals surface area contributed by atoms with Crippen LogP contribution >= 0.6 is 0 Å². The molecule has 1 amide bonds. The van der Waals surface area contributed by atoms with E-state index >= 15 is 0 Å². The lowest BCUT2D eigenvalue weighted by molar-refractivity contribution is -0.132. The molecule has 0 saturated heterocycles. The predicted molar refractivity (Wildman–Crippen MR) is 109 cm³/mol. The maximum atomic E-state index is 12.8. The molecule has 1 aromatic heterocycles. The van der Waals surface area contributed by atoms with E-state index in [1.165, 1.54) is 31.2 Å². The highest BCUT2D eigenvalue weighted by atomic mass is 16.5. The fourth-order valence-electron chi connectivity index (χ4n) is 3.76. The number of rotatable bonds is 3. The summed E-state index contributed by atoms with van der Waals surface area (Å²) in [4.78, 5) is 19.1. The van der Waals surface area contributed by atoms with Gasteiger partial charge in [-0.2, -0.15) is 5.10 Å². The SMILES string of the molecule is Cc1nc(C)n(CCC(=O)N2CCCCCCCc3ccccc3OCC2)n1. The third kappa shape index (κ3) is 5.81. The summed E-state index contributed by atoms with van der Waals surface area (Å²) in [6, 6.07) is 8.28. The smallest absolute Gasteiger partial charge is 0.224 e. The lowest BCUT2D eigenvalue weighted by Crippen LogP contribution is -2.36. The van der Waals surface area contributed by atoms with Gasteiger partial charge in [-0.15, -0.1) is 0 Å². The van der Waals surface area contributed by atoms with E-state index in [0.29, 0.717) is 26.1 Å². The summed E-state index contributed by atoms with van der Waals surface area (Å²) in [5.74, 6) is 2.73. The van der Waals surface area contributed by atoms with E-state index in [1.54, 1.807) is 0 Å². The van der Waals surface area contributed by atoms with Gasteiger partial charge in [0.05, 0.1) is 13.1 Å². The van der Waals surface area contributed by atoms with Gasteiger partial charge >= 0.3 is 0 Å². The van der Waals surface area contributed by atoms with E-state index in [1.807, 2.05) is 35.6 Å². The molecule has 1 aliphatic heterocycles. The lowest BCUT2D eigenvalue weighted by Gasteiger charge is -2.23. The number of aryl methyl sites for hydroxylation is 4. The molecule has 152 valence electrons. The number of nitrogens with zero attached hydrogens (tertiary/aromatic N) is 4. The summed E-state index contributed by atoms with van der Waals surface area (Å²) in [7, 11) is 0. The van der Waals surface area contributed by atoms with Gasteiger partial charge in [0.2, 0.25) is 5.91 Å². The predicted octanol–water partition coefficient (Wildman–Crippen LogP) is 3.70. The van der Waals surface area contributed by atoms with Gasteiger partial charge in [-0.05, 0) is 44.7 Å². The maximum absolute atomic E-state index is 12.8. The quantitative estimate of drug-likeness (QED) is 0.810. The van der Waals surface area contributed by atoms with E-state index in [0.717, 1.165) is 36.8 Å². The number of hydrogen-bond acceptors (Lipinski definition) is 4. The second-order valence-corrected chi connectivity index (χ2v) is 7.53. The Morgan fingerprint density at radius 1 is 1.07 bits per heavy atom. The highest BCUT2D eigenvalue weighted by Crippen LogP contribution is 2.21. The number of amides is 1. The van der Waals surface area contributed by atoms with Crippen molar-refractivity contribution in [1.29, 1.82) is 0 Å². The Balaban J connectivity index is 1.59. The number of para-hydroxylation sites is 1. The largest absolute Gasteiger partial charge is 0.491 e. The van der Waals surface area contributed by atoms with Crippen molar-refractivity contribution in [2.75, 3.05) is 19.7 Å². The fourth-order valence-corrected chi connectivity index (χ4v) is 3.76. The summed E-state index contributed by atoms with van der Waals surface area (Å²) in [6.45, 7) is 6.34. The minimum absolute atomic E-state index is 0.166. The fraction of sp³-hybridized carbons (Fsp3) is 0.591. The number of benzene rings is 1. The zero-order chi connectivity index (χ0) is 19.8. The molecule has 2 heterocycles. The molecule has 28 heavy (non-hydrogen) atoms. The Kier molecular flexibility index (Phi) is 7.46. The number of carbonyl (C=O) groups excluding carboxylic acids is 1. The molecule has 6 heteroatoms. The first-order valence-electron chi connectivity index (χ1n) is 10.5. The van der Waals surface area contributed by atoms with Crippen molar-refractivity contribution in [3.63, 3.8) is 0 Å². The summed E-state index contributed by atoms with van der Waals surface area (Å²) in [6.07, 6.45) is 7.39. The summed E-state index contributed by atoms with van der Waals surface area (Å²) in [5.41, 5.74) is 1.27. The van der Waals surface area contributed by atoms with Gasteiger partial charge in [0.15, 0.2) is 0 Å². The molecule has 0 spiro atoms. The summed E-state index contributed by atoms with van der Waals surface area (Å²) < 4.78 is 7.87. The number of carbonyl (C=O) groups is 1. The van der Waals surface area contributed by atoms with Crippen molar-refractivity contribution in [2.45, 2.75) is 65.3 Å². The van der Waals surface area contributed by atoms with Crippen molar-refractivity contribution in [1.82, 2.24) is 19.7 Å². The molecule has 3 rings (SSSR count). The molecule has 2 aromatic rings. The van der Waals surface area contributed by atoms with Crippen LogP contribution in [0.1, 0.15) is 55.7 Å². The Morgan fingerprint density at radius 3 is 2.68 bits per heavy atom. The average molecular weight is 385 g/mol. The van der Waals surface area contributed by atoms with Crippen LogP contribution in [0.15, 0.2) is 24.3 Å². The van der Waals surface area contributed by atoms with Gasteiger partial charge in [0, 0.05) is 13.0 Å². The highest BCUT2D eigenvalue weighted by Gasteiger charge is 2.15. The van der Waals surface area contributed by atoms with Crippen LogP contribution in [0.2, 0.25) is 0 Å². The minimum atomic E-state index is 0.166. The van der Waals surface area contributed by atoms with Gasteiger partial charge in [-0.3, -0.25) is 4.79 Å². The second-order valence-electron chi connectivity index (χ2n) is 7.53. The van der Waals surface area contributed by atoms with Crippen LogP contribution in [-0.4, -0.2) is 45.3 Å². The van der Waals surface area contributed by atoms with Crippen molar-refractivity contribution in [3.05, 3.63) is 41.5 Å². The van der Waals surface area contributed by atoms with Gasteiger partial charge in [-0.1, -0.05) is 37.5 Å².